The third kappa shape index (κ3) is 2.96. The Morgan fingerprint density at radius 1 is 1.35 bits per heavy atom. The first kappa shape index (κ1) is 13.5. The van der Waals surface area contributed by atoms with Crippen LogP contribution in [0.2, 0.25) is 0 Å². The summed E-state index contributed by atoms with van der Waals surface area (Å²) in [5.74, 6) is 0.399. The molecule has 0 aliphatic heterocycles. The fraction of sp³-hybridized carbons (Fsp3) is 0.538. The van der Waals surface area contributed by atoms with Crippen LogP contribution in [0, 0.1) is 12.8 Å². The number of aromatic carboxylic acids is 1. The first-order valence-corrected chi connectivity index (χ1v) is 5.78. The van der Waals surface area contributed by atoms with Gasteiger partial charge in [-0.3, -0.25) is 0 Å². The Hall–Kier alpha value is -1.58. The third-order valence-corrected chi connectivity index (χ3v) is 3.24. The maximum absolute atomic E-state index is 10.9. The van der Waals surface area contributed by atoms with Crippen molar-refractivity contribution in [2.24, 2.45) is 5.92 Å². The van der Waals surface area contributed by atoms with E-state index in [2.05, 4.69) is 30.7 Å². The van der Waals surface area contributed by atoms with Crippen LogP contribution in [0.5, 0.6) is 0 Å². The van der Waals surface area contributed by atoms with Gasteiger partial charge >= 0.3 is 5.97 Å². The lowest BCUT2D eigenvalue weighted by molar-refractivity contribution is 0.0695. The van der Waals surface area contributed by atoms with Gasteiger partial charge in [0.05, 0.1) is 11.3 Å². The van der Waals surface area contributed by atoms with Crippen LogP contribution < -0.4 is 4.90 Å². The minimum Gasteiger partial charge on any atom is -0.478 e. The second kappa shape index (κ2) is 5.17. The molecule has 4 nitrogen and oxygen atoms in total. The summed E-state index contributed by atoms with van der Waals surface area (Å²) in [6, 6.07) is 3.73. The number of aryl methyl sites for hydroxylation is 1. The maximum atomic E-state index is 10.9. The van der Waals surface area contributed by atoms with Crippen LogP contribution in [0.1, 0.15) is 36.8 Å². The Bertz CT molecular complexity index is 416. The van der Waals surface area contributed by atoms with Gasteiger partial charge in [0.15, 0.2) is 0 Å². The van der Waals surface area contributed by atoms with E-state index in [-0.39, 0.29) is 5.56 Å². The van der Waals surface area contributed by atoms with E-state index >= 15 is 0 Å². The van der Waals surface area contributed by atoms with Crippen LogP contribution in [0.3, 0.4) is 0 Å². The maximum Gasteiger partial charge on any atom is 0.337 e. The van der Waals surface area contributed by atoms with Gasteiger partial charge in [-0.2, -0.15) is 0 Å². The summed E-state index contributed by atoms with van der Waals surface area (Å²) < 4.78 is 0. The molecule has 17 heavy (non-hydrogen) atoms. The summed E-state index contributed by atoms with van der Waals surface area (Å²) in [4.78, 5) is 17.3. The Balaban J connectivity index is 3.01. The van der Waals surface area contributed by atoms with Crippen LogP contribution in [0.4, 0.5) is 5.82 Å². The standard InChI is InChI=1S/C13H20N2O2/c1-8(2)10(4)15(5)12-7-6-11(13(16)17)9(3)14-12/h6-8,10H,1-5H3,(H,16,17). The highest BCUT2D eigenvalue weighted by molar-refractivity contribution is 5.89. The van der Waals surface area contributed by atoms with Gasteiger partial charge in [-0.1, -0.05) is 13.8 Å². The molecule has 0 aromatic carbocycles. The molecule has 0 radical (unpaired) electrons. The van der Waals surface area contributed by atoms with Crippen LogP contribution in [-0.4, -0.2) is 29.1 Å². The number of hydrogen-bond acceptors (Lipinski definition) is 3. The Morgan fingerprint density at radius 2 is 1.94 bits per heavy atom. The number of hydrogen-bond donors (Lipinski definition) is 1. The molecule has 94 valence electrons. The van der Waals surface area contributed by atoms with Gasteiger partial charge in [0.25, 0.3) is 0 Å². The molecule has 0 spiro atoms. The first-order chi connectivity index (χ1) is 7.84. The molecule has 0 bridgehead atoms. The van der Waals surface area contributed by atoms with Crippen LogP contribution in [-0.2, 0) is 0 Å². The van der Waals surface area contributed by atoms with Gasteiger partial charge in [0.2, 0.25) is 0 Å². The SMILES string of the molecule is Cc1nc(N(C)C(C)C(C)C)ccc1C(=O)O. The molecular weight excluding hydrogens is 216 g/mol. The number of anilines is 1. The third-order valence-electron chi connectivity index (χ3n) is 3.24. The number of rotatable bonds is 4. The van der Waals surface area contributed by atoms with Crippen LogP contribution >= 0.6 is 0 Å². The summed E-state index contributed by atoms with van der Waals surface area (Å²) >= 11 is 0. The van der Waals surface area contributed by atoms with E-state index in [1.807, 2.05) is 7.05 Å². The molecule has 1 rings (SSSR count). The minimum absolute atomic E-state index is 0.263. The number of nitrogens with zero attached hydrogens (tertiary/aromatic N) is 2. The molecule has 0 fully saturated rings. The van der Waals surface area contributed by atoms with E-state index in [1.54, 1.807) is 19.1 Å². The number of carboxylic acid groups (broad SMARTS) is 1. The molecule has 1 unspecified atom stereocenters. The quantitative estimate of drug-likeness (QED) is 0.873. The van der Waals surface area contributed by atoms with E-state index in [9.17, 15) is 4.79 Å². The lowest BCUT2D eigenvalue weighted by Crippen LogP contribution is -2.33. The summed E-state index contributed by atoms with van der Waals surface area (Å²) in [5, 5.41) is 8.94. The Labute approximate surface area is 102 Å². The van der Waals surface area contributed by atoms with Crippen LogP contribution in [0.15, 0.2) is 12.1 Å². The van der Waals surface area contributed by atoms with E-state index in [1.165, 1.54) is 0 Å². The monoisotopic (exact) mass is 236 g/mol. The lowest BCUT2D eigenvalue weighted by atomic mass is 10.1. The van der Waals surface area contributed by atoms with Gasteiger partial charge in [0.1, 0.15) is 5.82 Å². The van der Waals surface area contributed by atoms with Crippen molar-refractivity contribution in [2.75, 3.05) is 11.9 Å². The van der Waals surface area contributed by atoms with Crippen molar-refractivity contribution < 1.29 is 9.90 Å². The number of carboxylic acids is 1. The van der Waals surface area contributed by atoms with Gasteiger partial charge in [-0.25, -0.2) is 9.78 Å². The zero-order valence-corrected chi connectivity index (χ0v) is 11.1. The van der Waals surface area contributed by atoms with E-state index in [0.717, 1.165) is 5.82 Å². The molecule has 1 aromatic rings. The second-order valence-corrected chi connectivity index (χ2v) is 4.70. The molecule has 4 heteroatoms. The topological polar surface area (TPSA) is 53.4 Å². The minimum atomic E-state index is -0.930. The molecule has 1 heterocycles. The van der Waals surface area contributed by atoms with Crippen molar-refractivity contribution in [1.29, 1.82) is 0 Å². The summed E-state index contributed by atoms with van der Waals surface area (Å²) in [5.41, 5.74) is 0.817. The lowest BCUT2D eigenvalue weighted by Gasteiger charge is -2.29. The van der Waals surface area contributed by atoms with E-state index in [4.69, 9.17) is 5.11 Å². The van der Waals surface area contributed by atoms with Gasteiger partial charge < -0.3 is 10.0 Å². The highest BCUT2D eigenvalue weighted by Crippen LogP contribution is 2.18. The zero-order chi connectivity index (χ0) is 13.2. The second-order valence-electron chi connectivity index (χ2n) is 4.70. The van der Waals surface area contributed by atoms with Crippen molar-refractivity contribution in [3.8, 4) is 0 Å². The van der Waals surface area contributed by atoms with E-state index in [0.29, 0.717) is 17.7 Å². The molecule has 0 aliphatic carbocycles. The van der Waals surface area contributed by atoms with Crippen molar-refractivity contribution >= 4 is 11.8 Å². The average Bonchev–Trinajstić information content (AvgIpc) is 2.26. The highest BCUT2D eigenvalue weighted by Gasteiger charge is 2.16. The number of aromatic nitrogens is 1. The Morgan fingerprint density at radius 3 is 2.35 bits per heavy atom. The molecule has 0 aliphatic rings. The normalized spacial score (nSPS) is 12.6. The first-order valence-electron chi connectivity index (χ1n) is 5.78. The molecule has 1 aromatic heterocycles. The fourth-order valence-electron chi connectivity index (χ4n) is 1.63. The average molecular weight is 236 g/mol. The van der Waals surface area contributed by atoms with Crippen molar-refractivity contribution in [2.45, 2.75) is 33.7 Å². The molecule has 1 N–H and O–H groups in total. The van der Waals surface area contributed by atoms with Gasteiger partial charge in [0, 0.05) is 13.1 Å². The predicted octanol–water partition coefficient (Wildman–Crippen LogP) is 2.57. The molecular formula is C13H20N2O2. The summed E-state index contributed by atoms with van der Waals surface area (Å²) in [6.07, 6.45) is 0. The highest BCUT2D eigenvalue weighted by atomic mass is 16.4. The number of pyridine rings is 1. The summed E-state index contributed by atoms with van der Waals surface area (Å²) in [7, 11) is 1.98. The smallest absolute Gasteiger partial charge is 0.337 e. The largest absolute Gasteiger partial charge is 0.478 e. The predicted molar refractivity (Wildman–Crippen MR) is 68.6 cm³/mol. The van der Waals surface area contributed by atoms with Crippen molar-refractivity contribution in [3.05, 3.63) is 23.4 Å². The van der Waals surface area contributed by atoms with Crippen molar-refractivity contribution in [3.63, 3.8) is 0 Å². The van der Waals surface area contributed by atoms with Crippen LogP contribution in [0.25, 0.3) is 0 Å². The molecule has 1 atom stereocenters. The van der Waals surface area contributed by atoms with Gasteiger partial charge in [-0.15, -0.1) is 0 Å². The van der Waals surface area contributed by atoms with E-state index < -0.39 is 5.97 Å². The molecule has 0 saturated carbocycles. The van der Waals surface area contributed by atoms with Crippen molar-refractivity contribution in [1.82, 2.24) is 4.98 Å². The van der Waals surface area contributed by atoms with Gasteiger partial charge in [-0.05, 0) is 31.9 Å². The zero-order valence-electron chi connectivity index (χ0n) is 11.1. The summed E-state index contributed by atoms with van der Waals surface area (Å²) in [6.45, 7) is 8.16. The molecule has 0 saturated heterocycles. The fourth-order valence-corrected chi connectivity index (χ4v) is 1.63. The molecule has 0 amide bonds. The Kier molecular flexibility index (Phi) is 4.10. The number of carbonyl (C=O) groups is 1.